The number of para-hydroxylation sites is 1. The third kappa shape index (κ3) is 6.11. The minimum Gasteiger partial charge on any atom is -0.445 e. The van der Waals surface area contributed by atoms with Gasteiger partial charge in [0.15, 0.2) is 0 Å². The maximum atomic E-state index is 13.3. The van der Waals surface area contributed by atoms with Gasteiger partial charge in [-0.1, -0.05) is 48.5 Å². The van der Waals surface area contributed by atoms with Crippen molar-refractivity contribution in [2.24, 2.45) is 0 Å². The van der Waals surface area contributed by atoms with Crippen LogP contribution in [-0.2, 0) is 25.7 Å². The summed E-state index contributed by atoms with van der Waals surface area (Å²) in [4.78, 5) is 43.2. The fourth-order valence-corrected chi connectivity index (χ4v) is 3.97. The number of likely N-dealkylation sites (tertiary alicyclic amines) is 1. The number of anilines is 1. The van der Waals surface area contributed by atoms with Crippen LogP contribution >= 0.6 is 0 Å². The largest absolute Gasteiger partial charge is 0.445 e. The Hall–Kier alpha value is -4.02. The Morgan fingerprint density at radius 1 is 1.06 bits per heavy atom. The van der Waals surface area contributed by atoms with Crippen molar-refractivity contribution in [2.75, 3.05) is 18.5 Å². The van der Waals surface area contributed by atoms with Crippen molar-refractivity contribution >= 4 is 34.5 Å². The van der Waals surface area contributed by atoms with Gasteiger partial charge in [-0.3, -0.25) is 24.7 Å². The Morgan fingerprint density at radius 3 is 2.66 bits per heavy atom. The second kappa shape index (κ2) is 11.4. The molecule has 10 heteroatoms. The van der Waals surface area contributed by atoms with Crippen LogP contribution in [0.1, 0.15) is 18.4 Å². The van der Waals surface area contributed by atoms with Gasteiger partial charge in [-0.25, -0.2) is 10.3 Å². The van der Waals surface area contributed by atoms with E-state index in [9.17, 15) is 14.4 Å². The molecule has 1 aliphatic rings. The summed E-state index contributed by atoms with van der Waals surface area (Å²) in [6, 6.07) is 17.6. The highest BCUT2D eigenvalue weighted by Gasteiger charge is 2.41. The van der Waals surface area contributed by atoms with E-state index in [1.807, 2.05) is 54.6 Å². The number of nitrogens with one attached hydrogen (secondary N) is 2. The van der Waals surface area contributed by atoms with Crippen LogP contribution in [0.25, 0.3) is 10.9 Å². The number of amides is 3. The molecular weight excluding hydrogens is 452 g/mol. The lowest BCUT2D eigenvalue weighted by atomic mass is 10.1. The number of nitrogens with zero attached hydrogens (tertiary/aromatic N) is 2. The Bertz CT molecular complexity index is 1180. The number of carbonyl (C=O) groups is 3. The fraction of sp³-hybridized carbons (Fsp3) is 0.280. The van der Waals surface area contributed by atoms with Crippen molar-refractivity contribution in [1.29, 1.82) is 0 Å². The molecule has 1 saturated heterocycles. The average molecular weight is 479 g/mol. The fourth-order valence-electron chi connectivity index (χ4n) is 3.97. The van der Waals surface area contributed by atoms with Gasteiger partial charge in [0, 0.05) is 18.0 Å². The van der Waals surface area contributed by atoms with Gasteiger partial charge >= 0.3 is 6.09 Å². The third-order valence-corrected chi connectivity index (χ3v) is 5.70. The van der Waals surface area contributed by atoms with Crippen molar-refractivity contribution in [2.45, 2.75) is 31.6 Å². The number of hydroxylamine groups is 1. The molecule has 2 heterocycles. The van der Waals surface area contributed by atoms with E-state index < -0.39 is 24.1 Å². The van der Waals surface area contributed by atoms with Crippen molar-refractivity contribution in [3.05, 3.63) is 72.4 Å². The molecular formula is C25H26N4O6. The summed E-state index contributed by atoms with van der Waals surface area (Å²) >= 11 is 0. The van der Waals surface area contributed by atoms with Crippen LogP contribution < -0.4 is 10.8 Å². The first-order valence-electron chi connectivity index (χ1n) is 11.2. The highest BCUT2D eigenvalue weighted by Crippen LogP contribution is 2.26. The zero-order chi connectivity index (χ0) is 24.6. The summed E-state index contributed by atoms with van der Waals surface area (Å²) in [6.07, 6.45) is 0.707. The maximum absolute atomic E-state index is 13.3. The molecule has 1 fully saturated rings. The van der Waals surface area contributed by atoms with E-state index in [-0.39, 0.29) is 38.5 Å². The van der Waals surface area contributed by atoms with Crippen molar-refractivity contribution < 1.29 is 29.1 Å². The molecule has 0 saturated carbocycles. The second-order valence-electron chi connectivity index (χ2n) is 8.09. The molecule has 0 bridgehead atoms. The molecule has 10 nitrogen and oxygen atoms in total. The van der Waals surface area contributed by atoms with Crippen molar-refractivity contribution in [3.8, 4) is 0 Å². The molecule has 2 unspecified atom stereocenters. The predicted octanol–water partition coefficient (Wildman–Crippen LogP) is 2.87. The third-order valence-electron chi connectivity index (χ3n) is 5.70. The first-order valence-corrected chi connectivity index (χ1v) is 11.2. The number of hydrogen-bond acceptors (Lipinski definition) is 7. The predicted molar refractivity (Wildman–Crippen MR) is 126 cm³/mol. The molecule has 3 aromatic rings. The molecule has 0 radical (unpaired) electrons. The molecule has 3 N–H and O–H groups in total. The van der Waals surface area contributed by atoms with Crippen LogP contribution in [0.4, 0.5) is 10.5 Å². The molecule has 1 aromatic heterocycles. The number of pyridine rings is 1. The quantitative estimate of drug-likeness (QED) is 0.335. The standard InChI is InChI=1S/C25H26N4O6/c30-22(28-33)11-13-34-19-14-21(29(15-19)25(32)35-16-17-6-2-1-3-7-17)24(31)27-20-10-4-8-18-9-5-12-26-23(18)20/h1-10,12,19,21,33H,11,13-16H2,(H,27,31)(H,28,30). The summed E-state index contributed by atoms with van der Waals surface area (Å²) in [6.45, 7) is 0.228. The summed E-state index contributed by atoms with van der Waals surface area (Å²) < 4.78 is 11.2. The van der Waals surface area contributed by atoms with E-state index in [4.69, 9.17) is 14.7 Å². The van der Waals surface area contributed by atoms with E-state index in [2.05, 4.69) is 10.3 Å². The van der Waals surface area contributed by atoms with Crippen LogP contribution in [0.15, 0.2) is 66.9 Å². The highest BCUT2D eigenvalue weighted by atomic mass is 16.6. The number of carbonyl (C=O) groups excluding carboxylic acids is 3. The molecule has 4 rings (SSSR count). The van der Waals surface area contributed by atoms with Crippen LogP contribution in [-0.4, -0.2) is 58.3 Å². The van der Waals surface area contributed by atoms with Gasteiger partial charge in [-0.15, -0.1) is 0 Å². The van der Waals surface area contributed by atoms with Gasteiger partial charge in [0.05, 0.1) is 36.9 Å². The Balaban J connectivity index is 1.46. The number of ether oxygens (including phenoxy) is 2. The lowest BCUT2D eigenvalue weighted by molar-refractivity contribution is -0.130. The topological polar surface area (TPSA) is 130 Å². The van der Waals surface area contributed by atoms with Gasteiger partial charge in [0.2, 0.25) is 11.8 Å². The molecule has 0 spiro atoms. The number of rotatable bonds is 8. The normalized spacial score (nSPS) is 17.2. The molecule has 182 valence electrons. The van der Waals surface area contributed by atoms with E-state index in [0.717, 1.165) is 10.9 Å². The number of fused-ring (bicyclic) bond motifs is 1. The monoisotopic (exact) mass is 478 g/mol. The molecule has 1 aliphatic heterocycles. The first kappa shape index (κ1) is 24.1. The van der Waals surface area contributed by atoms with E-state index in [1.165, 1.54) is 4.90 Å². The van der Waals surface area contributed by atoms with Gasteiger partial charge in [-0.2, -0.15) is 0 Å². The van der Waals surface area contributed by atoms with Crippen molar-refractivity contribution in [3.63, 3.8) is 0 Å². The van der Waals surface area contributed by atoms with Crippen molar-refractivity contribution in [1.82, 2.24) is 15.4 Å². The van der Waals surface area contributed by atoms with Gasteiger partial charge in [0.1, 0.15) is 12.6 Å². The van der Waals surface area contributed by atoms with Crippen LogP contribution in [0.2, 0.25) is 0 Å². The number of hydrogen-bond donors (Lipinski definition) is 3. The Morgan fingerprint density at radius 2 is 1.86 bits per heavy atom. The van der Waals surface area contributed by atoms with E-state index in [0.29, 0.717) is 11.2 Å². The smallest absolute Gasteiger partial charge is 0.410 e. The Labute approximate surface area is 201 Å². The molecule has 35 heavy (non-hydrogen) atoms. The lowest BCUT2D eigenvalue weighted by Gasteiger charge is -2.23. The highest BCUT2D eigenvalue weighted by molar-refractivity contribution is 6.03. The first-order chi connectivity index (χ1) is 17.0. The SMILES string of the molecule is O=C(CCOC1CC(C(=O)Nc2cccc3cccnc23)N(C(=O)OCc2ccccc2)C1)NO. The maximum Gasteiger partial charge on any atom is 0.410 e. The van der Waals surface area contributed by atoms with Gasteiger partial charge in [-0.05, 0) is 17.7 Å². The number of benzene rings is 2. The Kier molecular flexibility index (Phi) is 7.86. The van der Waals surface area contributed by atoms with Crippen LogP contribution in [0.5, 0.6) is 0 Å². The minimum atomic E-state index is -0.839. The zero-order valence-corrected chi connectivity index (χ0v) is 18.9. The van der Waals surface area contributed by atoms with E-state index >= 15 is 0 Å². The molecule has 2 atom stereocenters. The molecule has 0 aliphatic carbocycles. The summed E-state index contributed by atoms with van der Waals surface area (Å²) in [5.41, 5.74) is 3.55. The average Bonchev–Trinajstić information content (AvgIpc) is 3.32. The van der Waals surface area contributed by atoms with Crippen LogP contribution in [0, 0.1) is 0 Å². The summed E-state index contributed by atoms with van der Waals surface area (Å²) in [5.74, 6) is -0.973. The minimum absolute atomic E-state index is 0.0333. The second-order valence-corrected chi connectivity index (χ2v) is 8.09. The molecule has 2 aromatic carbocycles. The summed E-state index contributed by atoms with van der Waals surface area (Å²) in [7, 11) is 0. The zero-order valence-electron chi connectivity index (χ0n) is 18.9. The van der Waals surface area contributed by atoms with E-state index in [1.54, 1.807) is 17.7 Å². The number of aromatic nitrogens is 1. The summed E-state index contributed by atoms with van der Waals surface area (Å²) in [5, 5.41) is 12.4. The van der Waals surface area contributed by atoms with Gasteiger partial charge in [0.25, 0.3) is 0 Å². The lowest BCUT2D eigenvalue weighted by Crippen LogP contribution is -2.43. The van der Waals surface area contributed by atoms with Gasteiger partial charge < -0.3 is 14.8 Å². The molecule has 3 amide bonds. The van der Waals surface area contributed by atoms with Crippen LogP contribution in [0.3, 0.4) is 0 Å².